The molecule has 1 fully saturated rings. The number of aromatic carboxylic acids is 1. The van der Waals surface area contributed by atoms with Gasteiger partial charge in [0.25, 0.3) is 0 Å². The van der Waals surface area contributed by atoms with Crippen LogP contribution >= 0.6 is 0 Å². The monoisotopic (exact) mass is 279 g/mol. The van der Waals surface area contributed by atoms with Crippen molar-refractivity contribution in [3.8, 4) is 0 Å². The number of nitrogens with one attached hydrogen (secondary N) is 1. The van der Waals surface area contributed by atoms with E-state index in [0.717, 1.165) is 18.8 Å². The molecule has 110 valence electrons. The van der Waals surface area contributed by atoms with Crippen molar-refractivity contribution in [3.05, 3.63) is 29.6 Å². The predicted molar refractivity (Wildman–Crippen MR) is 77.6 cm³/mol. The first-order valence-electron chi connectivity index (χ1n) is 7.39. The van der Waals surface area contributed by atoms with E-state index in [9.17, 15) is 9.18 Å². The van der Waals surface area contributed by atoms with Crippen molar-refractivity contribution >= 4 is 11.7 Å². The highest BCUT2D eigenvalue weighted by Crippen LogP contribution is 2.30. The summed E-state index contributed by atoms with van der Waals surface area (Å²) in [5, 5.41) is 12.1. The molecule has 0 amide bonds. The van der Waals surface area contributed by atoms with Crippen molar-refractivity contribution in [1.82, 2.24) is 0 Å². The Hall–Kier alpha value is -1.58. The number of hydrogen-bond donors (Lipinski definition) is 2. The summed E-state index contributed by atoms with van der Waals surface area (Å²) in [6.07, 6.45) is 6.90. The largest absolute Gasteiger partial charge is 0.478 e. The van der Waals surface area contributed by atoms with Gasteiger partial charge in [0.15, 0.2) is 0 Å². The van der Waals surface area contributed by atoms with Crippen molar-refractivity contribution in [2.75, 3.05) is 5.32 Å². The average Bonchev–Trinajstić information content (AvgIpc) is 2.43. The number of rotatable bonds is 5. The Morgan fingerprint density at radius 1 is 1.35 bits per heavy atom. The lowest BCUT2D eigenvalue weighted by atomic mass is 9.83. The maximum Gasteiger partial charge on any atom is 0.335 e. The van der Waals surface area contributed by atoms with Crippen LogP contribution in [0.15, 0.2) is 18.2 Å². The zero-order chi connectivity index (χ0) is 14.5. The highest BCUT2D eigenvalue weighted by molar-refractivity contribution is 5.88. The van der Waals surface area contributed by atoms with Crippen LogP contribution in [0.4, 0.5) is 10.1 Å². The molecule has 2 N–H and O–H groups in total. The van der Waals surface area contributed by atoms with Gasteiger partial charge in [-0.3, -0.25) is 0 Å². The molecule has 3 nitrogen and oxygen atoms in total. The zero-order valence-electron chi connectivity index (χ0n) is 11.9. The molecular formula is C16H22FNO2. The smallest absolute Gasteiger partial charge is 0.335 e. The van der Waals surface area contributed by atoms with Gasteiger partial charge in [-0.2, -0.15) is 0 Å². The second-order valence-electron chi connectivity index (χ2n) is 5.65. The number of halogens is 1. The maximum absolute atomic E-state index is 13.7. The molecule has 1 aromatic carbocycles. The van der Waals surface area contributed by atoms with Crippen molar-refractivity contribution in [1.29, 1.82) is 0 Å². The van der Waals surface area contributed by atoms with Crippen molar-refractivity contribution < 1.29 is 14.3 Å². The summed E-state index contributed by atoms with van der Waals surface area (Å²) >= 11 is 0. The van der Waals surface area contributed by atoms with Crippen LogP contribution in [0.5, 0.6) is 0 Å². The molecule has 0 aliphatic heterocycles. The van der Waals surface area contributed by atoms with Crippen LogP contribution in [0.1, 0.15) is 55.8 Å². The zero-order valence-corrected chi connectivity index (χ0v) is 11.9. The normalized spacial score (nSPS) is 22.5. The van der Waals surface area contributed by atoms with Crippen molar-refractivity contribution in [2.45, 2.75) is 51.5 Å². The molecule has 0 unspecified atom stereocenters. The molecule has 1 saturated carbocycles. The number of carboxylic acids is 1. The van der Waals surface area contributed by atoms with Crippen LogP contribution in [0, 0.1) is 11.7 Å². The highest BCUT2D eigenvalue weighted by Gasteiger charge is 2.21. The summed E-state index contributed by atoms with van der Waals surface area (Å²) in [6, 6.07) is 4.15. The molecular weight excluding hydrogens is 257 g/mol. The molecule has 1 aliphatic carbocycles. The molecule has 0 saturated heterocycles. The number of carbonyl (C=O) groups is 1. The van der Waals surface area contributed by atoms with E-state index in [1.807, 2.05) is 0 Å². The Labute approximate surface area is 119 Å². The Balaban J connectivity index is 1.97. The third kappa shape index (κ3) is 3.71. The summed E-state index contributed by atoms with van der Waals surface area (Å²) in [5.74, 6) is -0.612. The Bertz CT molecular complexity index is 468. The summed E-state index contributed by atoms with van der Waals surface area (Å²) in [6.45, 7) is 2.21. The summed E-state index contributed by atoms with van der Waals surface area (Å²) in [7, 11) is 0. The highest BCUT2D eigenvalue weighted by atomic mass is 19.1. The lowest BCUT2D eigenvalue weighted by Gasteiger charge is -2.29. The van der Waals surface area contributed by atoms with Gasteiger partial charge in [0, 0.05) is 6.04 Å². The molecule has 0 aromatic heterocycles. The van der Waals surface area contributed by atoms with Gasteiger partial charge in [-0.05, 0) is 49.8 Å². The van der Waals surface area contributed by atoms with Crippen LogP contribution in [0.3, 0.4) is 0 Å². The van der Waals surface area contributed by atoms with Crippen molar-refractivity contribution in [2.24, 2.45) is 5.92 Å². The van der Waals surface area contributed by atoms with E-state index in [4.69, 9.17) is 5.11 Å². The first kappa shape index (κ1) is 14.8. The van der Waals surface area contributed by atoms with Crippen molar-refractivity contribution in [3.63, 3.8) is 0 Å². The molecule has 1 aliphatic rings. The van der Waals surface area contributed by atoms with Crippen LogP contribution in [-0.2, 0) is 0 Å². The minimum absolute atomic E-state index is 0.119. The third-order valence-corrected chi connectivity index (χ3v) is 4.12. The van der Waals surface area contributed by atoms with E-state index in [-0.39, 0.29) is 17.4 Å². The molecule has 1 aromatic rings. The summed E-state index contributed by atoms with van der Waals surface area (Å²) in [5.41, 5.74) is 0.428. The fraction of sp³-hybridized carbons (Fsp3) is 0.562. The number of hydrogen-bond acceptors (Lipinski definition) is 2. The first-order chi connectivity index (χ1) is 9.60. The number of benzene rings is 1. The van der Waals surface area contributed by atoms with Gasteiger partial charge < -0.3 is 10.4 Å². The second kappa shape index (κ2) is 6.73. The van der Waals surface area contributed by atoms with Gasteiger partial charge in [0.05, 0.1) is 11.3 Å². The maximum atomic E-state index is 13.7. The Kier molecular flexibility index (Phi) is 4.99. The second-order valence-corrected chi connectivity index (χ2v) is 5.65. The minimum Gasteiger partial charge on any atom is -0.478 e. The van der Waals surface area contributed by atoms with Crippen LogP contribution in [0.25, 0.3) is 0 Å². The molecule has 0 atom stereocenters. The van der Waals surface area contributed by atoms with Gasteiger partial charge in [0.2, 0.25) is 0 Å². The summed E-state index contributed by atoms with van der Waals surface area (Å²) in [4.78, 5) is 10.9. The predicted octanol–water partition coefficient (Wildman–Crippen LogP) is 4.29. The lowest BCUT2D eigenvalue weighted by molar-refractivity contribution is 0.0697. The average molecular weight is 279 g/mol. The lowest BCUT2D eigenvalue weighted by Crippen LogP contribution is -2.26. The Morgan fingerprint density at radius 3 is 2.65 bits per heavy atom. The van der Waals surface area contributed by atoms with E-state index in [1.54, 1.807) is 0 Å². The Morgan fingerprint density at radius 2 is 2.05 bits per heavy atom. The van der Waals surface area contributed by atoms with Crippen LogP contribution < -0.4 is 5.32 Å². The fourth-order valence-electron chi connectivity index (χ4n) is 2.99. The molecule has 0 heterocycles. The molecule has 2 rings (SSSR count). The van der Waals surface area contributed by atoms with E-state index < -0.39 is 5.97 Å². The van der Waals surface area contributed by atoms with Gasteiger partial charge in [-0.25, -0.2) is 9.18 Å². The number of anilines is 1. The SMILES string of the molecule is CCCC1CCC(Nc2cc(C(=O)O)ccc2F)CC1. The third-order valence-electron chi connectivity index (χ3n) is 4.12. The standard InChI is InChI=1S/C16H22FNO2/c1-2-3-11-4-7-13(8-5-11)18-15-10-12(16(19)20)6-9-14(15)17/h6,9-11,13,18H,2-5,7-8H2,1H3,(H,19,20). The van der Waals surface area contributed by atoms with Gasteiger partial charge in [-0.1, -0.05) is 19.8 Å². The molecule has 0 radical (unpaired) electrons. The van der Waals surface area contributed by atoms with Gasteiger partial charge >= 0.3 is 5.97 Å². The molecule has 4 heteroatoms. The fourth-order valence-corrected chi connectivity index (χ4v) is 2.99. The van der Waals surface area contributed by atoms with E-state index in [2.05, 4.69) is 12.2 Å². The molecule has 0 spiro atoms. The van der Waals surface area contributed by atoms with E-state index >= 15 is 0 Å². The van der Waals surface area contributed by atoms with Gasteiger partial charge in [-0.15, -0.1) is 0 Å². The van der Waals surface area contributed by atoms with E-state index in [1.165, 1.54) is 43.9 Å². The summed E-state index contributed by atoms with van der Waals surface area (Å²) < 4.78 is 13.7. The molecule has 20 heavy (non-hydrogen) atoms. The van der Waals surface area contributed by atoms with E-state index in [0.29, 0.717) is 5.69 Å². The van der Waals surface area contributed by atoms with Crippen LogP contribution in [0.2, 0.25) is 0 Å². The number of carboxylic acid groups (broad SMARTS) is 1. The van der Waals surface area contributed by atoms with Crippen LogP contribution in [-0.4, -0.2) is 17.1 Å². The van der Waals surface area contributed by atoms with Gasteiger partial charge in [0.1, 0.15) is 5.82 Å². The quantitative estimate of drug-likeness (QED) is 0.845. The topological polar surface area (TPSA) is 49.3 Å². The molecule has 0 bridgehead atoms. The minimum atomic E-state index is -1.03. The first-order valence-corrected chi connectivity index (χ1v) is 7.39.